The number of anilines is 1. The molecule has 0 radical (unpaired) electrons. The Kier molecular flexibility index (Phi) is 3.31. The van der Waals surface area contributed by atoms with Gasteiger partial charge in [-0.15, -0.1) is 0 Å². The molecule has 0 bridgehead atoms. The standard InChI is InChI=1S/C11H11ClN4/c1-8-10(12)15-7-16-11(8)14-6-9-3-2-4-13-5-9/h2-5,7H,6H2,1H3,(H,14,15,16). The third kappa shape index (κ3) is 2.46. The summed E-state index contributed by atoms with van der Waals surface area (Å²) in [6.45, 7) is 2.55. The van der Waals surface area contributed by atoms with Crippen LogP contribution in [0.15, 0.2) is 30.9 Å². The molecule has 0 saturated carbocycles. The van der Waals surface area contributed by atoms with Gasteiger partial charge in [0.25, 0.3) is 0 Å². The molecule has 0 aliphatic heterocycles. The minimum atomic E-state index is 0.476. The minimum Gasteiger partial charge on any atom is -0.366 e. The van der Waals surface area contributed by atoms with Crippen LogP contribution in [0.2, 0.25) is 5.15 Å². The Bertz CT molecular complexity index is 473. The lowest BCUT2D eigenvalue weighted by molar-refractivity contribution is 1.05. The highest BCUT2D eigenvalue weighted by Crippen LogP contribution is 2.18. The summed E-state index contributed by atoms with van der Waals surface area (Å²) in [7, 11) is 0. The molecule has 0 amide bonds. The molecule has 2 aromatic heterocycles. The normalized spacial score (nSPS) is 10.1. The van der Waals surface area contributed by atoms with Crippen LogP contribution in [0.5, 0.6) is 0 Å². The molecule has 2 heterocycles. The Labute approximate surface area is 98.7 Å². The van der Waals surface area contributed by atoms with Crippen LogP contribution in [0.1, 0.15) is 11.1 Å². The fourth-order valence-corrected chi connectivity index (χ4v) is 1.43. The van der Waals surface area contributed by atoms with E-state index in [1.54, 1.807) is 6.20 Å². The molecule has 0 aliphatic carbocycles. The second-order valence-electron chi connectivity index (χ2n) is 3.35. The fourth-order valence-electron chi connectivity index (χ4n) is 1.30. The Morgan fingerprint density at radius 3 is 3.00 bits per heavy atom. The van der Waals surface area contributed by atoms with Gasteiger partial charge in [0.1, 0.15) is 17.3 Å². The van der Waals surface area contributed by atoms with E-state index in [2.05, 4.69) is 20.3 Å². The van der Waals surface area contributed by atoms with Gasteiger partial charge in [0.2, 0.25) is 0 Å². The highest BCUT2D eigenvalue weighted by atomic mass is 35.5. The van der Waals surface area contributed by atoms with Crippen molar-refractivity contribution < 1.29 is 0 Å². The quantitative estimate of drug-likeness (QED) is 0.829. The molecule has 0 spiro atoms. The Morgan fingerprint density at radius 1 is 1.38 bits per heavy atom. The highest BCUT2D eigenvalue weighted by Gasteiger charge is 2.03. The average molecular weight is 235 g/mol. The number of aromatic nitrogens is 3. The molecule has 5 heteroatoms. The second-order valence-corrected chi connectivity index (χ2v) is 3.71. The predicted octanol–water partition coefficient (Wildman–Crippen LogP) is 2.45. The smallest absolute Gasteiger partial charge is 0.137 e. The van der Waals surface area contributed by atoms with Crippen LogP contribution in [-0.2, 0) is 6.54 Å². The molecule has 0 aliphatic rings. The number of hydrogen-bond donors (Lipinski definition) is 1. The molecular weight excluding hydrogens is 224 g/mol. The van der Waals surface area contributed by atoms with Crippen molar-refractivity contribution in [2.24, 2.45) is 0 Å². The van der Waals surface area contributed by atoms with E-state index in [4.69, 9.17) is 11.6 Å². The summed E-state index contributed by atoms with van der Waals surface area (Å²) in [5.74, 6) is 0.754. The maximum Gasteiger partial charge on any atom is 0.137 e. The van der Waals surface area contributed by atoms with Gasteiger partial charge < -0.3 is 5.32 Å². The summed E-state index contributed by atoms with van der Waals surface area (Å²) in [4.78, 5) is 12.1. The van der Waals surface area contributed by atoms with Crippen LogP contribution in [0, 0.1) is 6.92 Å². The van der Waals surface area contributed by atoms with E-state index in [1.807, 2.05) is 25.3 Å². The first-order chi connectivity index (χ1) is 7.77. The van der Waals surface area contributed by atoms with Crippen molar-refractivity contribution in [2.45, 2.75) is 13.5 Å². The summed E-state index contributed by atoms with van der Waals surface area (Å²) >= 11 is 5.89. The summed E-state index contributed by atoms with van der Waals surface area (Å²) in [5.41, 5.74) is 1.95. The molecule has 0 unspecified atom stereocenters. The number of rotatable bonds is 3. The van der Waals surface area contributed by atoms with Gasteiger partial charge in [-0.1, -0.05) is 17.7 Å². The van der Waals surface area contributed by atoms with Gasteiger partial charge in [0, 0.05) is 24.5 Å². The largest absolute Gasteiger partial charge is 0.366 e. The van der Waals surface area contributed by atoms with Crippen molar-refractivity contribution in [3.8, 4) is 0 Å². The lowest BCUT2D eigenvalue weighted by Crippen LogP contribution is -2.04. The number of halogens is 1. The zero-order chi connectivity index (χ0) is 11.4. The molecule has 82 valence electrons. The lowest BCUT2D eigenvalue weighted by atomic mass is 10.3. The fraction of sp³-hybridized carbons (Fsp3) is 0.182. The molecule has 4 nitrogen and oxygen atoms in total. The van der Waals surface area contributed by atoms with E-state index >= 15 is 0 Å². The van der Waals surface area contributed by atoms with Gasteiger partial charge in [-0.05, 0) is 18.6 Å². The van der Waals surface area contributed by atoms with Gasteiger partial charge in [-0.2, -0.15) is 0 Å². The van der Waals surface area contributed by atoms with Gasteiger partial charge in [0.05, 0.1) is 0 Å². The maximum atomic E-state index is 5.89. The SMILES string of the molecule is Cc1c(Cl)ncnc1NCc1cccnc1. The van der Waals surface area contributed by atoms with Gasteiger partial charge in [-0.3, -0.25) is 4.98 Å². The van der Waals surface area contributed by atoms with Crippen molar-refractivity contribution in [1.29, 1.82) is 0 Å². The third-order valence-corrected chi connectivity index (χ3v) is 2.59. The summed E-state index contributed by atoms with van der Waals surface area (Å²) < 4.78 is 0. The molecule has 0 atom stereocenters. The molecular formula is C11H11ClN4. The molecule has 1 N–H and O–H groups in total. The van der Waals surface area contributed by atoms with Gasteiger partial charge >= 0.3 is 0 Å². The van der Waals surface area contributed by atoms with E-state index < -0.39 is 0 Å². The molecule has 2 aromatic rings. The number of nitrogens with one attached hydrogen (secondary N) is 1. The minimum absolute atomic E-state index is 0.476. The van der Waals surface area contributed by atoms with Gasteiger partial charge in [-0.25, -0.2) is 9.97 Å². The van der Waals surface area contributed by atoms with Crippen LogP contribution < -0.4 is 5.32 Å². The zero-order valence-electron chi connectivity index (χ0n) is 8.81. The van der Waals surface area contributed by atoms with E-state index in [0.29, 0.717) is 11.7 Å². The predicted molar refractivity (Wildman–Crippen MR) is 63.3 cm³/mol. The first-order valence-electron chi connectivity index (χ1n) is 4.87. The zero-order valence-corrected chi connectivity index (χ0v) is 9.57. The maximum absolute atomic E-state index is 5.89. The first-order valence-corrected chi connectivity index (χ1v) is 5.25. The lowest BCUT2D eigenvalue weighted by Gasteiger charge is -2.08. The summed E-state index contributed by atoms with van der Waals surface area (Å²) in [5, 5.41) is 3.67. The van der Waals surface area contributed by atoms with Crippen molar-refractivity contribution in [1.82, 2.24) is 15.0 Å². The summed E-state index contributed by atoms with van der Waals surface area (Å²) in [6.07, 6.45) is 5.00. The van der Waals surface area contributed by atoms with Crippen LogP contribution >= 0.6 is 11.6 Å². The molecule has 0 aromatic carbocycles. The third-order valence-electron chi connectivity index (χ3n) is 2.21. The summed E-state index contributed by atoms with van der Waals surface area (Å²) in [6, 6.07) is 3.90. The van der Waals surface area contributed by atoms with Crippen molar-refractivity contribution in [3.05, 3.63) is 47.1 Å². The number of hydrogen-bond acceptors (Lipinski definition) is 4. The molecule has 2 rings (SSSR count). The molecule has 0 saturated heterocycles. The second kappa shape index (κ2) is 4.90. The van der Waals surface area contributed by atoms with Crippen molar-refractivity contribution in [2.75, 3.05) is 5.32 Å². The molecule has 16 heavy (non-hydrogen) atoms. The average Bonchev–Trinajstić information content (AvgIpc) is 2.32. The van der Waals surface area contributed by atoms with Crippen molar-refractivity contribution >= 4 is 17.4 Å². The highest BCUT2D eigenvalue weighted by molar-refractivity contribution is 6.30. The number of nitrogens with zero attached hydrogens (tertiary/aromatic N) is 3. The van der Waals surface area contributed by atoms with Crippen LogP contribution in [0.3, 0.4) is 0 Å². The van der Waals surface area contributed by atoms with E-state index in [1.165, 1.54) is 6.33 Å². The van der Waals surface area contributed by atoms with Crippen LogP contribution in [0.25, 0.3) is 0 Å². The molecule has 0 fully saturated rings. The Morgan fingerprint density at radius 2 is 2.25 bits per heavy atom. The van der Waals surface area contributed by atoms with E-state index in [0.717, 1.165) is 16.9 Å². The topological polar surface area (TPSA) is 50.7 Å². The monoisotopic (exact) mass is 234 g/mol. The number of pyridine rings is 1. The Balaban J connectivity index is 2.08. The van der Waals surface area contributed by atoms with Gasteiger partial charge in [0.15, 0.2) is 0 Å². The Hall–Kier alpha value is -1.68. The first kappa shape index (κ1) is 10.8. The van der Waals surface area contributed by atoms with E-state index in [-0.39, 0.29) is 0 Å². The van der Waals surface area contributed by atoms with Crippen LogP contribution in [0.4, 0.5) is 5.82 Å². The van der Waals surface area contributed by atoms with Crippen molar-refractivity contribution in [3.63, 3.8) is 0 Å². The van der Waals surface area contributed by atoms with Crippen LogP contribution in [-0.4, -0.2) is 15.0 Å². The van der Waals surface area contributed by atoms with E-state index in [9.17, 15) is 0 Å².